The van der Waals surface area contributed by atoms with Crippen LogP contribution < -0.4 is 4.46 Å². The second-order valence-corrected chi connectivity index (χ2v) is 7.50. The summed E-state index contributed by atoms with van der Waals surface area (Å²) in [6.45, 7) is 2.46. The Bertz CT molecular complexity index is 687. The summed E-state index contributed by atoms with van der Waals surface area (Å²) in [5.74, 6) is 3.16. The zero-order valence-corrected chi connectivity index (χ0v) is 16.1. The first-order valence-corrected chi connectivity index (χ1v) is 9.82. The van der Waals surface area contributed by atoms with Gasteiger partial charge in [0.15, 0.2) is 0 Å². The van der Waals surface area contributed by atoms with Gasteiger partial charge >= 0.3 is 152 Å². The van der Waals surface area contributed by atoms with Crippen LogP contribution in [0.5, 0.6) is 0 Å². The van der Waals surface area contributed by atoms with Crippen LogP contribution in [0.1, 0.15) is 23.7 Å². The van der Waals surface area contributed by atoms with E-state index in [1.807, 2.05) is 49.4 Å². The van der Waals surface area contributed by atoms with Crippen molar-refractivity contribution in [3.63, 3.8) is 0 Å². The first-order valence-electron chi connectivity index (χ1n) is 7.32. The molecule has 0 saturated carbocycles. The van der Waals surface area contributed by atoms with Crippen LogP contribution in [0.3, 0.4) is 0 Å². The van der Waals surface area contributed by atoms with Crippen LogP contribution in [-0.2, 0) is 4.74 Å². The topological polar surface area (TPSA) is 26.3 Å². The fraction of sp³-hybridized carbons (Fsp3) is 0.211. The van der Waals surface area contributed by atoms with Crippen molar-refractivity contribution in [3.8, 4) is 10.7 Å². The predicted molar refractivity (Wildman–Crippen MR) is 98.1 cm³/mol. The summed E-state index contributed by atoms with van der Waals surface area (Å²) < 4.78 is 7.79. The zero-order chi connectivity index (χ0) is 16.5. The monoisotopic (exact) mass is 436 g/mol. The molecule has 2 nitrogen and oxygen atoms in total. The third-order valence-corrected chi connectivity index (χ3v) is 5.09. The van der Waals surface area contributed by atoms with Gasteiger partial charge in [-0.2, -0.15) is 0 Å². The molecule has 23 heavy (non-hydrogen) atoms. The average Bonchev–Trinajstić information content (AvgIpc) is 2.56. The summed E-state index contributed by atoms with van der Waals surface area (Å²) in [6.07, 6.45) is -0.0606. The molecule has 0 heterocycles. The molecule has 0 bridgehead atoms. The number of ketones is 1. The maximum absolute atomic E-state index is 12.3. The van der Waals surface area contributed by atoms with Gasteiger partial charge in [-0.25, -0.2) is 0 Å². The van der Waals surface area contributed by atoms with E-state index in [1.54, 1.807) is 0 Å². The van der Waals surface area contributed by atoms with E-state index in [0.29, 0.717) is 12.2 Å². The van der Waals surface area contributed by atoms with E-state index in [-0.39, 0.29) is 33.3 Å². The molecule has 0 saturated heterocycles. The van der Waals surface area contributed by atoms with Crippen molar-refractivity contribution in [2.75, 3.05) is 6.61 Å². The number of Topliss-reactive ketones (excluding diaryl/α,β-unsaturated/α-hetero) is 1. The maximum atomic E-state index is 12.3. The molecule has 2 rings (SSSR count). The normalized spacial score (nSPS) is 11.4. The van der Waals surface area contributed by atoms with Crippen molar-refractivity contribution in [2.45, 2.75) is 19.4 Å². The van der Waals surface area contributed by atoms with Gasteiger partial charge in [-0.15, -0.1) is 0 Å². The van der Waals surface area contributed by atoms with E-state index in [1.165, 1.54) is 4.46 Å². The number of carbonyl (C=O) groups is 1. The fourth-order valence-electron chi connectivity index (χ4n) is 1.92. The molecule has 2 aromatic carbocycles. The molecule has 0 aliphatic rings. The molecule has 1 atom stereocenters. The van der Waals surface area contributed by atoms with E-state index in [9.17, 15) is 4.79 Å². The number of hydrogen-bond acceptors (Lipinski definition) is 2. The summed E-state index contributed by atoms with van der Waals surface area (Å²) in [5.41, 5.74) is 0.688. The Balaban J connectivity index is 1.98. The Morgan fingerprint density at radius 1 is 1.17 bits per heavy atom. The Hall–Kier alpha value is -1.37. The van der Waals surface area contributed by atoms with Crippen LogP contribution in [0.4, 0.5) is 0 Å². The van der Waals surface area contributed by atoms with Crippen molar-refractivity contribution >= 4 is 41.1 Å². The van der Waals surface area contributed by atoms with Gasteiger partial charge in [0.1, 0.15) is 0 Å². The quantitative estimate of drug-likeness (QED) is 0.394. The van der Waals surface area contributed by atoms with Crippen molar-refractivity contribution in [2.24, 2.45) is 0 Å². The average molecular weight is 436 g/mol. The SMILES string of the molecule is CCOC(C#C[Se]c1ccccc1)CC(=O)c1ccc(Br)cc1. The molecule has 0 aliphatic carbocycles. The first-order chi connectivity index (χ1) is 11.2. The molecule has 0 N–H and O–H groups in total. The number of rotatable bonds is 6. The van der Waals surface area contributed by atoms with Crippen LogP contribution >= 0.6 is 15.9 Å². The van der Waals surface area contributed by atoms with Gasteiger partial charge < -0.3 is 0 Å². The van der Waals surface area contributed by atoms with Crippen LogP contribution in [-0.4, -0.2) is 33.5 Å². The second kappa shape index (κ2) is 9.70. The number of halogens is 1. The minimum absolute atomic E-state index is 0.0532. The molecule has 4 heteroatoms. The Kier molecular flexibility index (Phi) is 7.58. The Morgan fingerprint density at radius 3 is 2.52 bits per heavy atom. The summed E-state index contributed by atoms with van der Waals surface area (Å²) in [6, 6.07) is 17.5. The third kappa shape index (κ3) is 6.33. The number of ether oxygens (including phenoxy) is 1. The van der Waals surface area contributed by atoms with E-state index in [4.69, 9.17) is 4.74 Å². The van der Waals surface area contributed by atoms with Gasteiger partial charge in [0.25, 0.3) is 0 Å². The fourth-order valence-corrected chi connectivity index (χ4v) is 3.44. The van der Waals surface area contributed by atoms with Crippen molar-refractivity contribution in [1.82, 2.24) is 0 Å². The van der Waals surface area contributed by atoms with E-state index >= 15 is 0 Å². The summed E-state index contributed by atoms with van der Waals surface area (Å²) in [7, 11) is 0. The van der Waals surface area contributed by atoms with Crippen molar-refractivity contribution in [3.05, 3.63) is 64.6 Å². The van der Waals surface area contributed by atoms with Crippen LogP contribution in [0.2, 0.25) is 0 Å². The molecule has 118 valence electrons. The zero-order valence-electron chi connectivity index (χ0n) is 12.8. The molecule has 0 aromatic heterocycles. The molecule has 0 aliphatic heterocycles. The number of hydrogen-bond donors (Lipinski definition) is 0. The standard InChI is InChI=1S/C19H17BrO2Se/c1-2-22-17(12-13-23-18-6-4-3-5-7-18)14-19(21)15-8-10-16(20)11-9-15/h3-11,17H,2,14H2,1H3. The second-order valence-electron chi connectivity index (χ2n) is 4.74. The molecular formula is C19H17BrO2Se. The van der Waals surface area contributed by atoms with Crippen LogP contribution in [0, 0.1) is 10.7 Å². The summed E-state index contributed by atoms with van der Waals surface area (Å²) in [5, 5.41) is 0. The molecule has 2 aromatic rings. The summed E-state index contributed by atoms with van der Waals surface area (Å²) in [4.78, 5) is 15.5. The van der Waals surface area contributed by atoms with Crippen LogP contribution in [0.25, 0.3) is 0 Å². The van der Waals surface area contributed by atoms with Gasteiger partial charge in [-0.05, 0) is 0 Å². The van der Waals surface area contributed by atoms with Gasteiger partial charge in [-0.3, -0.25) is 0 Å². The van der Waals surface area contributed by atoms with Gasteiger partial charge in [0.05, 0.1) is 0 Å². The van der Waals surface area contributed by atoms with Crippen molar-refractivity contribution in [1.29, 1.82) is 0 Å². The summed E-state index contributed by atoms with van der Waals surface area (Å²) >= 11 is 3.45. The molecule has 0 radical (unpaired) electrons. The number of carbonyl (C=O) groups excluding carboxylic acids is 1. The predicted octanol–water partition coefficient (Wildman–Crippen LogP) is 3.42. The molecule has 0 fully saturated rings. The first kappa shape index (κ1) is 18.0. The van der Waals surface area contributed by atoms with Gasteiger partial charge in [-0.1, -0.05) is 0 Å². The van der Waals surface area contributed by atoms with Gasteiger partial charge in [0.2, 0.25) is 0 Å². The minimum atomic E-state index is -0.346. The van der Waals surface area contributed by atoms with E-state index < -0.39 is 0 Å². The third-order valence-electron chi connectivity index (χ3n) is 3.04. The van der Waals surface area contributed by atoms with Crippen LogP contribution in [0.15, 0.2) is 59.1 Å². The molecular weight excluding hydrogens is 419 g/mol. The Morgan fingerprint density at radius 2 is 1.87 bits per heavy atom. The van der Waals surface area contributed by atoms with Crippen molar-refractivity contribution < 1.29 is 9.53 Å². The molecule has 0 spiro atoms. The van der Waals surface area contributed by atoms with Gasteiger partial charge in [0, 0.05) is 0 Å². The number of benzene rings is 2. The van der Waals surface area contributed by atoms with E-state index in [2.05, 4.69) is 38.8 Å². The van der Waals surface area contributed by atoms with E-state index in [0.717, 1.165) is 4.47 Å². The Labute approximate surface area is 151 Å². The molecule has 1 unspecified atom stereocenters. The molecule has 0 amide bonds.